The van der Waals surface area contributed by atoms with Crippen LogP contribution in [0.3, 0.4) is 0 Å². The Kier molecular flexibility index (Phi) is 4.05. The predicted molar refractivity (Wildman–Crippen MR) is 95.8 cm³/mol. The zero-order chi connectivity index (χ0) is 16.4. The highest BCUT2D eigenvalue weighted by Gasteiger charge is 2.32. The van der Waals surface area contributed by atoms with E-state index in [4.69, 9.17) is 4.74 Å². The largest absolute Gasteiger partial charge is 0.457 e. The van der Waals surface area contributed by atoms with E-state index in [-0.39, 0.29) is 11.8 Å². The number of ether oxygens (including phenoxy) is 1. The topological polar surface area (TPSA) is 38.3 Å². The summed E-state index contributed by atoms with van der Waals surface area (Å²) in [7, 11) is 0. The molecule has 1 aromatic heterocycles. The molecule has 2 aromatic carbocycles. The second-order valence-corrected chi connectivity index (χ2v) is 6.76. The number of amides is 1. The monoisotopic (exact) mass is 335 g/mol. The van der Waals surface area contributed by atoms with Gasteiger partial charge in [0.15, 0.2) is 0 Å². The molecule has 120 valence electrons. The van der Waals surface area contributed by atoms with Crippen molar-refractivity contribution >= 4 is 17.2 Å². The minimum atomic E-state index is -0.325. The maximum absolute atomic E-state index is 12.9. The molecule has 0 saturated carbocycles. The number of thiophene rings is 1. The van der Waals surface area contributed by atoms with Crippen LogP contribution in [0.15, 0.2) is 66.0 Å². The van der Waals surface area contributed by atoms with E-state index in [1.807, 2.05) is 54.6 Å². The molecule has 24 heavy (non-hydrogen) atoms. The van der Waals surface area contributed by atoms with Gasteiger partial charge in [0.1, 0.15) is 11.5 Å². The third-order valence-corrected chi connectivity index (χ3v) is 5.13. The van der Waals surface area contributed by atoms with Gasteiger partial charge in [-0.15, -0.1) is 11.3 Å². The zero-order valence-corrected chi connectivity index (χ0v) is 13.9. The van der Waals surface area contributed by atoms with Crippen molar-refractivity contribution in [3.63, 3.8) is 0 Å². The number of nitrogens with one attached hydrogen (secondary N) is 1. The summed E-state index contributed by atoms with van der Waals surface area (Å²) in [6, 6.07) is 19.6. The molecule has 4 heteroatoms. The van der Waals surface area contributed by atoms with Crippen LogP contribution >= 0.6 is 11.3 Å². The van der Waals surface area contributed by atoms with E-state index in [2.05, 4.69) is 16.8 Å². The van der Waals surface area contributed by atoms with E-state index in [1.54, 1.807) is 11.3 Å². The minimum absolute atomic E-state index is 0.0229. The van der Waals surface area contributed by atoms with Crippen molar-refractivity contribution in [3.05, 3.63) is 82.0 Å². The van der Waals surface area contributed by atoms with Crippen LogP contribution in [-0.4, -0.2) is 12.5 Å². The molecule has 3 nitrogen and oxygen atoms in total. The lowest BCUT2D eigenvalue weighted by molar-refractivity contribution is -0.121. The Bertz CT molecular complexity index is 812. The normalized spacial score (nSPS) is 12.8. The molecule has 2 heterocycles. The number of para-hydroxylation sites is 2. The lowest BCUT2D eigenvalue weighted by Crippen LogP contribution is -2.32. The van der Waals surface area contributed by atoms with Gasteiger partial charge >= 0.3 is 0 Å². The standard InChI is InChI=1S/C20H17NO2S/c22-20(21-12-11-14-6-5-13-24-14)19-15-7-1-3-9-17(15)23-18-10-4-2-8-16(18)19/h1-10,13,19H,11-12H2,(H,21,22). The lowest BCUT2D eigenvalue weighted by atomic mass is 9.87. The Labute approximate surface area is 144 Å². The summed E-state index contributed by atoms with van der Waals surface area (Å²) in [4.78, 5) is 14.2. The first-order chi connectivity index (χ1) is 11.8. The second-order valence-electron chi connectivity index (χ2n) is 5.73. The molecule has 0 fully saturated rings. The lowest BCUT2D eigenvalue weighted by Gasteiger charge is -2.27. The van der Waals surface area contributed by atoms with Gasteiger partial charge in [0.05, 0.1) is 5.92 Å². The number of fused-ring (bicyclic) bond motifs is 2. The fourth-order valence-corrected chi connectivity index (χ4v) is 3.77. The van der Waals surface area contributed by atoms with Crippen molar-refractivity contribution in [2.24, 2.45) is 0 Å². The summed E-state index contributed by atoms with van der Waals surface area (Å²) >= 11 is 1.72. The Hall–Kier alpha value is -2.59. The molecule has 0 atom stereocenters. The number of carbonyl (C=O) groups is 1. The third kappa shape index (κ3) is 2.81. The third-order valence-electron chi connectivity index (χ3n) is 4.19. The van der Waals surface area contributed by atoms with Crippen molar-refractivity contribution < 1.29 is 9.53 Å². The maximum Gasteiger partial charge on any atom is 0.232 e. The van der Waals surface area contributed by atoms with Crippen LogP contribution in [0.2, 0.25) is 0 Å². The highest BCUT2D eigenvalue weighted by Crippen LogP contribution is 2.43. The molecule has 3 aromatic rings. The van der Waals surface area contributed by atoms with Gasteiger partial charge in [0, 0.05) is 22.5 Å². The minimum Gasteiger partial charge on any atom is -0.457 e. The zero-order valence-electron chi connectivity index (χ0n) is 13.1. The quantitative estimate of drug-likeness (QED) is 0.770. The van der Waals surface area contributed by atoms with Gasteiger partial charge in [-0.2, -0.15) is 0 Å². The summed E-state index contributed by atoms with van der Waals surface area (Å²) < 4.78 is 5.94. The van der Waals surface area contributed by atoms with Crippen molar-refractivity contribution in [2.45, 2.75) is 12.3 Å². The van der Waals surface area contributed by atoms with Crippen molar-refractivity contribution in [3.8, 4) is 11.5 Å². The van der Waals surface area contributed by atoms with Crippen LogP contribution in [-0.2, 0) is 11.2 Å². The van der Waals surface area contributed by atoms with Gasteiger partial charge in [-0.25, -0.2) is 0 Å². The Morgan fingerprint density at radius 1 is 0.958 bits per heavy atom. The number of rotatable bonds is 4. The molecule has 1 amide bonds. The number of hydrogen-bond acceptors (Lipinski definition) is 3. The van der Waals surface area contributed by atoms with Gasteiger partial charge in [0.2, 0.25) is 5.91 Å². The van der Waals surface area contributed by atoms with Crippen LogP contribution in [0.25, 0.3) is 0 Å². The van der Waals surface area contributed by atoms with E-state index in [9.17, 15) is 4.79 Å². The second kappa shape index (κ2) is 6.49. The number of carbonyl (C=O) groups excluding carboxylic acids is 1. The van der Waals surface area contributed by atoms with Crippen LogP contribution in [0.5, 0.6) is 11.5 Å². The summed E-state index contributed by atoms with van der Waals surface area (Å²) in [5, 5.41) is 5.14. The summed E-state index contributed by atoms with van der Waals surface area (Å²) in [5.41, 5.74) is 1.84. The maximum atomic E-state index is 12.9. The smallest absolute Gasteiger partial charge is 0.232 e. The van der Waals surface area contributed by atoms with Crippen LogP contribution < -0.4 is 10.1 Å². The molecule has 4 rings (SSSR count). The highest BCUT2D eigenvalue weighted by atomic mass is 32.1. The molecular formula is C20H17NO2S. The van der Waals surface area contributed by atoms with E-state index < -0.39 is 0 Å². The summed E-state index contributed by atoms with van der Waals surface area (Å²) in [6.45, 7) is 0.640. The van der Waals surface area contributed by atoms with Crippen molar-refractivity contribution in [1.82, 2.24) is 5.32 Å². The van der Waals surface area contributed by atoms with Gasteiger partial charge < -0.3 is 10.1 Å². The van der Waals surface area contributed by atoms with Crippen molar-refractivity contribution in [2.75, 3.05) is 6.54 Å². The molecule has 0 unspecified atom stereocenters. The fourth-order valence-electron chi connectivity index (χ4n) is 3.06. The SMILES string of the molecule is O=C(NCCc1cccs1)C1c2ccccc2Oc2ccccc21. The average molecular weight is 335 g/mol. The van der Waals surface area contributed by atoms with Crippen LogP contribution in [0.4, 0.5) is 0 Å². The number of hydrogen-bond donors (Lipinski definition) is 1. The molecule has 0 aliphatic carbocycles. The first kappa shape index (κ1) is 15.0. The summed E-state index contributed by atoms with van der Waals surface area (Å²) in [6.07, 6.45) is 0.857. The molecular weight excluding hydrogens is 318 g/mol. The van der Waals surface area contributed by atoms with E-state index in [1.165, 1.54) is 4.88 Å². The van der Waals surface area contributed by atoms with Crippen LogP contribution in [0, 0.1) is 0 Å². The average Bonchev–Trinajstić information content (AvgIpc) is 3.13. The Morgan fingerprint density at radius 2 is 1.62 bits per heavy atom. The molecule has 0 bridgehead atoms. The molecule has 0 spiro atoms. The fraction of sp³-hybridized carbons (Fsp3) is 0.150. The van der Waals surface area contributed by atoms with Gasteiger partial charge in [-0.1, -0.05) is 42.5 Å². The van der Waals surface area contributed by atoms with E-state index in [0.29, 0.717) is 6.54 Å². The molecule has 1 aliphatic heterocycles. The van der Waals surface area contributed by atoms with Gasteiger partial charge in [-0.3, -0.25) is 4.79 Å². The Morgan fingerprint density at radius 3 is 2.25 bits per heavy atom. The van der Waals surface area contributed by atoms with Gasteiger partial charge in [-0.05, 0) is 30.0 Å². The van der Waals surface area contributed by atoms with E-state index >= 15 is 0 Å². The van der Waals surface area contributed by atoms with Crippen molar-refractivity contribution in [1.29, 1.82) is 0 Å². The first-order valence-electron chi connectivity index (χ1n) is 7.99. The predicted octanol–water partition coefficient (Wildman–Crippen LogP) is 4.34. The Balaban J connectivity index is 1.58. The number of benzene rings is 2. The molecule has 0 saturated heterocycles. The summed E-state index contributed by atoms with van der Waals surface area (Å²) in [5.74, 6) is 1.22. The van der Waals surface area contributed by atoms with Gasteiger partial charge in [0.25, 0.3) is 0 Å². The van der Waals surface area contributed by atoms with E-state index in [0.717, 1.165) is 29.0 Å². The molecule has 0 radical (unpaired) electrons. The highest BCUT2D eigenvalue weighted by molar-refractivity contribution is 7.09. The molecule has 1 N–H and O–H groups in total. The van der Waals surface area contributed by atoms with Crippen LogP contribution in [0.1, 0.15) is 21.9 Å². The molecule has 1 aliphatic rings. The first-order valence-corrected chi connectivity index (χ1v) is 8.87.